The number of carbonyl (C=O) groups excluding carboxylic acids is 1. The fourth-order valence-electron chi connectivity index (χ4n) is 3.31. The molecule has 0 radical (unpaired) electrons. The molecule has 2 aromatic rings. The van der Waals surface area contributed by atoms with E-state index in [9.17, 15) is 4.79 Å². The number of anilines is 1. The fraction of sp³-hybridized carbons (Fsp3) is 0.348. The lowest BCUT2D eigenvalue weighted by molar-refractivity contribution is -0.117. The molecule has 142 valence electrons. The van der Waals surface area contributed by atoms with Crippen LogP contribution >= 0.6 is 0 Å². The number of amides is 1. The van der Waals surface area contributed by atoms with Crippen LogP contribution in [0.15, 0.2) is 54.6 Å². The second kappa shape index (κ2) is 9.49. The summed E-state index contributed by atoms with van der Waals surface area (Å²) < 4.78 is 0. The second-order valence-corrected chi connectivity index (χ2v) is 7.19. The predicted molar refractivity (Wildman–Crippen MR) is 113 cm³/mol. The van der Waals surface area contributed by atoms with Crippen LogP contribution in [0.4, 0.5) is 5.69 Å². The molecule has 0 bridgehead atoms. The molecule has 1 N–H and O–H groups in total. The van der Waals surface area contributed by atoms with Crippen LogP contribution < -0.4 is 5.32 Å². The van der Waals surface area contributed by atoms with Gasteiger partial charge in [0.2, 0.25) is 5.91 Å². The van der Waals surface area contributed by atoms with E-state index >= 15 is 0 Å². The van der Waals surface area contributed by atoms with Gasteiger partial charge in [-0.05, 0) is 36.6 Å². The Bertz CT molecular complexity index is 777. The van der Waals surface area contributed by atoms with Crippen molar-refractivity contribution in [2.75, 3.05) is 44.6 Å². The van der Waals surface area contributed by atoms with Crippen molar-refractivity contribution in [1.82, 2.24) is 9.80 Å². The number of rotatable bonds is 6. The average Bonchev–Trinajstić information content (AvgIpc) is 2.68. The van der Waals surface area contributed by atoms with E-state index in [1.54, 1.807) is 0 Å². The molecule has 1 aliphatic rings. The molecule has 1 heterocycles. The first kappa shape index (κ1) is 19.3. The number of aryl methyl sites for hydroxylation is 1. The molecule has 0 unspecified atom stereocenters. The minimum Gasteiger partial charge on any atom is -0.325 e. The van der Waals surface area contributed by atoms with Gasteiger partial charge in [0.05, 0.1) is 6.54 Å². The summed E-state index contributed by atoms with van der Waals surface area (Å²) in [6, 6.07) is 16.4. The summed E-state index contributed by atoms with van der Waals surface area (Å²) in [5, 5.41) is 3.06. The van der Waals surface area contributed by atoms with Crippen LogP contribution in [-0.4, -0.2) is 55.0 Å². The average molecular weight is 364 g/mol. The molecule has 1 fully saturated rings. The molecule has 0 saturated carbocycles. The van der Waals surface area contributed by atoms with E-state index in [1.165, 1.54) is 11.1 Å². The maximum Gasteiger partial charge on any atom is 0.238 e. The Morgan fingerprint density at radius 3 is 2.41 bits per heavy atom. The lowest BCUT2D eigenvalue weighted by Crippen LogP contribution is -2.48. The van der Waals surface area contributed by atoms with Crippen molar-refractivity contribution in [1.29, 1.82) is 0 Å². The lowest BCUT2D eigenvalue weighted by Gasteiger charge is -2.33. The van der Waals surface area contributed by atoms with Gasteiger partial charge in [0.25, 0.3) is 0 Å². The summed E-state index contributed by atoms with van der Waals surface area (Å²) in [5.41, 5.74) is 4.50. The first-order valence-corrected chi connectivity index (χ1v) is 9.64. The number of piperazine rings is 1. The molecule has 3 rings (SSSR count). The molecule has 0 aliphatic carbocycles. The molecule has 2 aromatic carbocycles. The quantitative estimate of drug-likeness (QED) is 0.852. The van der Waals surface area contributed by atoms with E-state index < -0.39 is 0 Å². The highest BCUT2D eigenvalue weighted by molar-refractivity contribution is 5.93. The van der Waals surface area contributed by atoms with Crippen LogP contribution in [0.5, 0.6) is 0 Å². The Labute approximate surface area is 162 Å². The van der Waals surface area contributed by atoms with Gasteiger partial charge in [-0.2, -0.15) is 0 Å². The third kappa shape index (κ3) is 5.78. The van der Waals surface area contributed by atoms with Gasteiger partial charge in [0, 0.05) is 38.4 Å². The lowest BCUT2D eigenvalue weighted by atomic mass is 10.1. The van der Waals surface area contributed by atoms with Crippen LogP contribution in [-0.2, 0) is 4.79 Å². The number of nitrogens with zero attached hydrogens (tertiary/aromatic N) is 2. The zero-order valence-corrected chi connectivity index (χ0v) is 16.3. The van der Waals surface area contributed by atoms with E-state index in [2.05, 4.69) is 64.5 Å². The topological polar surface area (TPSA) is 35.6 Å². The van der Waals surface area contributed by atoms with Gasteiger partial charge in [-0.25, -0.2) is 0 Å². The van der Waals surface area contributed by atoms with E-state index in [-0.39, 0.29) is 5.91 Å². The van der Waals surface area contributed by atoms with Crippen LogP contribution in [0, 0.1) is 13.8 Å². The van der Waals surface area contributed by atoms with Crippen molar-refractivity contribution in [3.63, 3.8) is 0 Å². The Morgan fingerprint density at radius 1 is 0.963 bits per heavy atom. The number of nitrogens with one attached hydrogen (secondary N) is 1. The molecule has 4 nitrogen and oxygen atoms in total. The van der Waals surface area contributed by atoms with Crippen LogP contribution in [0.1, 0.15) is 16.7 Å². The maximum atomic E-state index is 12.4. The molecule has 1 saturated heterocycles. The zero-order chi connectivity index (χ0) is 19.1. The highest BCUT2D eigenvalue weighted by Crippen LogP contribution is 2.18. The highest BCUT2D eigenvalue weighted by Gasteiger charge is 2.18. The Balaban J connectivity index is 1.40. The van der Waals surface area contributed by atoms with E-state index in [1.807, 2.05) is 25.1 Å². The number of carbonyl (C=O) groups is 1. The van der Waals surface area contributed by atoms with E-state index in [0.29, 0.717) is 6.54 Å². The largest absolute Gasteiger partial charge is 0.325 e. The molecule has 0 atom stereocenters. The van der Waals surface area contributed by atoms with E-state index in [4.69, 9.17) is 0 Å². The maximum absolute atomic E-state index is 12.4. The Morgan fingerprint density at radius 2 is 1.67 bits per heavy atom. The summed E-state index contributed by atoms with van der Waals surface area (Å²) >= 11 is 0. The summed E-state index contributed by atoms with van der Waals surface area (Å²) in [4.78, 5) is 17.0. The zero-order valence-electron chi connectivity index (χ0n) is 16.3. The Hall–Kier alpha value is -2.43. The molecular weight excluding hydrogens is 334 g/mol. The molecule has 0 aromatic heterocycles. The van der Waals surface area contributed by atoms with Crippen molar-refractivity contribution in [2.45, 2.75) is 13.8 Å². The molecule has 27 heavy (non-hydrogen) atoms. The van der Waals surface area contributed by atoms with Gasteiger partial charge in [0.1, 0.15) is 0 Å². The molecule has 1 amide bonds. The third-order valence-corrected chi connectivity index (χ3v) is 5.18. The first-order chi connectivity index (χ1) is 13.1. The highest BCUT2D eigenvalue weighted by atomic mass is 16.2. The smallest absolute Gasteiger partial charge is 0.238 e. The second-order valence-electron chi connectivity index (χ2n) is 7.19. The van der Waals surface area contributed by atoms with Crippen LogP contribution in [0.3, 0.4) is 0 Å². The van der Waals surface area contributed by atoms with Gasteiger partial charge in [-0.1, -0.05) is 54.6 Å². The van der Waals surface area contributed by atoms with Crippen molar-refractivity contribution in [3.8, 4) is 0 Å². The minimum absolute atomic E-state index is 0.0705. The predicted octanol–water partition coefficient (Wildman–Crippen LogP) is 3.57. The van der Waals surface area contributed by atoms with Crippen molar-refractivity contribution in [2.24, 2.45) is 0 Å². The number of hydrogen-bond donors (Lipinski definition) is 1. The number of hydrogen-bond acceptors (Lipinski definition) is 3. The van der Waals surface area contributed by atoms with Crippen molar-refractivity contribution < 1.29 is 4.79 Å². The van der Waals surface area contributed by atoms with Gasteiger partial charge >= 0.3 is 0 Å². The SMILES string of the molecule is Cc1cccc(NC(=O)CN2CCN(C/C=C/c3ccccc3)CC2)c1C. The molecule has 1 aliphatic heterocycles. The summed E-state index contributed by atoms with van der Waals surface area (Å²) in [5.74, 6) is 0.0705. The van der Waals surface area contributed by atoms with Gasteiger partial charge in [0.15, 0.2) is 0 Å². The Kier molecular flexibility index (Phi) is 6.80. The van der Waals surface area contributed by atoms with Crippen molar-refractivity contribution in [3.05, 3.63) is 71.3 Å². The minimum atomic E-state index is 0.0705. The van der Waals surface area contributed by atoms with Crippen LogP contribution in [0.2, 0.25) is 0 Å². The summed E-state index contributed by atoms with van der Waals surface area (Å²) in [7, 11) is 0. The van der Waals surface area contributed by atoms with Gasteiger partial charge in [-0.3, -0.25) is 14.6 Å². The van der Waals surface area contributed by atoms with Crippen LogP contribution in [0.25, 0.3) is 6.08 Å². The molecule has 0 spiro atoms. The standard InChI is InChI=1S/C23H29N3O/c1-19-8-6-12-22(20(19)2)24-23(27)18-26-16-14-25(15-17-26)13-7-11-21-9-4-3-5-10-21/h3-12H,13-18H2,1-2H3,(H,24,27)/b11-7+. The van der Waals surface area contributed by atoms with Crippen molar-refractivity contribution >= 4 is 17.7 Å². The third-order valence-electron chi connectivity index (χ3n) is 5.18. The first-order valence-electron chi connectivity index (χ1n) is 9.64. The fourth-order valence-corrected chi connectivity index (χ4v) is 3.31. The normalized spacial score (nSPS) is 15.9. The molecule has 4 heteroatoms. The summed E-state index contributed by atoms with van der Waals surface area (Å²) in [6.45, 7) is 9.38. The van der Waals surface area contributed by atoms with E-state index in [0.717, 1.165) is 44.0 Å². The monoisotopic (exact) mass is 363 g/mol. The summed E-state index contributed by atoms with van der Waals surface area (Å²) in [6.07, 6.45) is 4.39. The van der Waals surface area contributed by atoms with Gasteiger partial charge in [-0.15, -0.1) is 0 Å². The van der Waals surface area contributed by atoms with Gasteiger partial charge < -0.3 is 5.32 Å². The number of benzene rings is 2. The molecular formula is C23H29N3O.